The number of carbonyl (C=O) groups excluding carboxylic acids is 1. The lowest BCUT2D eigenvalue weighted by molar-refractivity contribution is -0.144. The highest BCUT2D eigenvalue weighted by atomic mass is 16.6. The topological polar surface area (TPSA) is 89.2 Å². The van der Waals surface area contributed by atoms with E-state index in [1.165, 1.54) is 6.07 Å². The second kappa shape index (κ2) is 13.2. The van der Waals surface area contributed by atoms with Gasteiger partial charge in [-0.25, -0.2) is 4.79 Å². The second-order valence-corrected chi connectivity index (χ2v) is 8.18. The zero-order valence-corrected chi connectivity index (χ0v) is 19.9. The predicted molar refractivity (Wildman–Crippen MR) is 125 cm³/mol. The molecule has 0 bridgehead atoms. The van der Waals surface area contributed by atoms with E-state index in [4.69, 9.17) is 13.9 Å². The van der Waals surface area contributed by atoms with Gasteiger partial charge in [-0.3, -0.25) is 9.69 Å². The summed E-state index contributed by atoms with van der Waals surface area (Å²) in [4.78, 5) is 26.4. The summed E-state index contributed by atoms with van der Waals surface area (Å²) in [5.41, 5.74) is 2.04. The summed E-state index contributed by atoms with van der Waals surface area (Å²) in [5, 5.41) is 11.9. The van der Waals surface area contributed by atoms with E-state index in [-0.39, 0.29) is 24.7 Å². The van der Waals surface area contributed by atoms with E-state index in [0.29, 0.717) is 36.3 Å². The highest BCUT2D eigenvalue weighted by Crippen LogP contribution is 2.34. The molecule has 1 aromatic carbocycles. The van der Waals surface area contributed by atoms with E-state index >= 15 is 0 Å². The van der Waals surface area contributed by atoms with E-state index in [2.05, 4.69) is 18.7 Å². The first-order valence-electron chi connectivity index (χ1n) is 11.6. The van der Waals surface area contributed by atoms with Gasteiger partial charge in [0, 0.05) is 31.5 Å². The Morgan fingerprint density at radius 2 is 1.81 bits per heavy atom. The third kappa shape index (κ3) is 7.35. The van der Waals surface area contributed by atoms with Crippen LogP contribution < -0.4 is 5.63 Å². The number of rotatable bonds is 14. The molecular weight excluding hydrogens is 410 g/mol. The Bertz CT molecular complexity index is 928. The summed E-state index contributed by atoms with van der Waals surface area (Å²) < 4.78 is 15.6. The van der Waals surface area contributed by atoms with Crippen LogP contribution in [0, 0.1) is 6.92 Å². The van der Waals surface area contributed by atoms with Gasteiger partial charge >= 0.3 is 11.6 Å². The van der Waals surface area contributed by atoms with Gasteiger partial charge in [0.2, 0.25) is 0 Å². The molecule has 0 unspecified atom stereocenters. The van der Waals surface area contributed by atoms with E-state index in [9.17, 15) is 14.7 Å². The number of fused-ring (bicyclic) bond motifs is 1. The van der Waals surface area contributed by atoms with Gasteiger partial charge in [0.15, 0.2) is 0 Å². The van der Waals surface area contributed by atoms with E-state index in [1.807, 2.05) is 13.0 Å². The third-order valence-corrected chi connectivity index (χ3v) is 5.58. The molecule has 2 rings (SSSR count). The van der Waals surface area contributed by atoms with E-state index < -0.39 is 5.63 Å². The maximum absolute atomic E-state index is 12.1. The Morgan fingerprint density at radius 1 is 1.12 bits per heavy atom. The number of nitrogens with zero attached hydrogens (tertiary/aromatic N) is 1. The number of aryl methyl sites for hydroxylation is 2. The lowest BCUT2D eigenvalue weighted by Crippen LogP contribution is -2.26. The molecule has 2 aromatic rings. The highest BCUT2D eigenvalue weighted by Gasteiger charge is 2.20. The van der Waals surface area contributed by atoms with Gasteiger partial charge in [-0.15, -0.1) is 0 Å². The molecule has 0 amide bonds. The molecule has 0 saturated heterocycles. The number of benzene rings is 1. The van der Waals surface area contributed by atoms with Crippen molar-refractivity contribution in [2.45, 2.75) is 65.8 Å². The second-order valence-electron chi connectivity index (χ2n) is 8.18. The Labute approximate surface area is 190 Å². The molecule has 7 heteroatoms. The van der Waals surface area contributed by atoms with Crippen molar-refractivity contribution in [1.29, 1.82) is 0 Å². The lowest BCUT2D eigenvalue weighted by Gasteiger charge is -2.24. The maximum atomic E-state index is 12.1. The molecule has 1 aromatic heterocycles. The summed E-state index contributed by atoms with van der Waals surface area (Å²) in [6.45, 7) is 9.01. The smallest absolute Gasteiger partial charge is 0.336 e. The van der Waals surface area contributed by atoms with Gasteiger partial charge in [-0.2, -0.15) is 0 Å². The molecule has 0 radical (unpaired) electrons. The van der Waals surface area contributed by atoms with Crippen LogP contribution in [0.25, 0.3) is 11.0 Å². The number of phenolic OH excluding ortho intramolecular Hbond substituents is 1. The number of hydrogen-bond donors (Lipinski definition) is 1. The van der Waals surface area contributed by atoms with Crippen molar-refractivity contribution in [1.82, 2.24) is 4.90 Å². The minimum atomic E-state index is -0.432. The monoisotopic (exact) mass is 447 g/mol. The van der Waals surface area contributed by atoms with Gasteiger partial charge < -0.3 is 19.0 Å². The fourth-order valence-corrected chi connectivity index (χ4v) is 3.71. The quantitative estimate of drug-likeness (QED) is 0.262. The van der Waals surface area contributed by atoms with Crippen molar-refractivity contribution >= 4 is 16.9 Å². The van der Waals surface area contributed by atoms with Gasteiger partial charge in [-0.05, 0) is 56.5 Å². The van der Waals surface area contributed by atoms with Crippen molar-refractivity contribution in [3.63, 3.8) is 0 Å². The standard InChI is InChI=1S/C25H37NO6/c1-5-7-11-26(12-8-6-2)17-21-24(29)19(9-10-22(27)31-14-13-30-4)16-20-18(3)15-23(28)32-25(20)21/h15-16,29H,5-14,17H2,1-4H3. The normalized spacial score (nSPS) is 11.4. The van der Waals surface area contributed by atoms with Crippen LogP contribution in [0.2, 0.25) is 0 Å². The van der Waals surface area contributed by atoms with Crippen LogP contribution in [0.5, 0.6) is 5.75 Å². The molecule has 32 heavy (non-hydrogen) atoms. The molecule has 1 heterocycles. The lowest BCUT2D eigenvalue weighted by atomic mass is 9.98. The SMILES string of the molecule is CCCCN(CCCC)Cc1c(O)c(CCC(=O)OCCOC)cc2c(C)cc(=O)oc12. The van der Waals surface area contributed by atoms with Crippen molar-refractivity contribution in [2.24, 2.45) is 0 Å². The number of phenols is 1. The summed E-state index contributed by atoms with van der Waals surface area (Å²) in [7, 11) is 1.55. The van der Waals surface area contributed by atoms with Crippen molar-refractivity contribution in [2.75, 3.05) is 33.4 Å². The molecule has 178 valence electrons. The molecule has 0 aliphatic heterocycles. The Kier molecular flexibility index (Phi) is 10.7. The number of hydrogen-bond acceptors (Lipinski definition) is 7. The average Bonchev–Trinajstić information content (AvgIpc) is 2.76. The Morgan fingerprint density at radius 3 is 2.44 bits per heavy atom. The molecular formula is C25H37NO6. The number of aromatic hydroxyl groups is 1. The van der Waals surface area contributed by atoms with Crippen LogP contribution in [0.4, 0.5) is 0 Å². The first kappa shape index (κ1) is 25.9. The van der Waals surface area contributed by atoms with Crippen LogP contribution in [-0.4, -0.2) is 49.4 Å². The molecule has 0 saturated carbocycles. The van der Waals surface area contributed by atoms with Gasteiger partial charge in [-0.1, -0.05) is 26.7 Å². The third-order valence-electron chi connectivity index (χ3n) is 5.58. The first-order chi connectivity index (χ1) is 15.4. The fourth-order valence-electron chi connectivity index (χ4n) is 3.71. The minimum Gasteiger partial charge on any atom is -0.507 e. The molecule has 0 atom stereocenters. The zero-order valence-electron chi connectivity index (χ0n) is 19.9. The molecule has 0 aliphatic carbocycles. The summed E-state index contributed by atoms with van der Waals surface area (Å²) in [5.74, 6) is -0.249. The van der Waals surface area contributed by atoms with Gasteiger partial charge in [0.1, 0.15) is 17.9 Å². The average molecular weight is 448 g/mol. The summed E-state index contributed by atoms with van der Waals surface area (Å²) >= 11 is 0. The van der Waals surface area contributed by atoms with Crippen LogP contribution in [0.15, 0.2) is 21.3 Å². The maximum Gasteiger partial charge on any atom is 0.336 e. The largest absolute Gasteiger partial charge is 0.507 e. The van der Waals surface area contributed by atoms with E-state index in [0.717, 1.165) is 49.7 Å². The molecule has 1 N–H and O–H groups in total. The van der Waals surface area contributed by atoms with Crippen LogP contribution in [0.3, 0.4) is 0 Å². The molecule has 7 nitrogen and oxygen atoms in total. The number of esters is 1. The Balaban J connectivity index is 2.39. The van der Waals surface area contributed by atoms with Gasteiger partial charge in [0.25, 0.3) is 0 Å². The molecule has 0 fully saturated rings. The van der Waals surface area contributed by atoms with Crippen LogP contribution in [0.1, 0.15) is 62.6 Å². The van der Waals surface area contributed by atoms with Crippen LogP contribution in [-0.2, 0) is 27.2 Å². The van der Waals surface area contributed by atoms with Crippen molar-refractivity contribution < 1.29 is 23.8 Å². The summed E-state index contributed by atoms with van der Waals surface area (Å²) in [6.07, 6.45) is 4.75. The van der Waals surface area contributed by atoms with Crippen LogP contribution >= 0.6 is 0 Å². The molecule has 0 spiro atoms. The number of ether oxygens (including phenoxy) is 2. The molecule has 0 aliphatic rings. The fraction of sp³-hybridized carbons (Fsp3) is 0.600. The highest BCUT2D eigenvalue weighted by molar-refractivity contribution is 5.86. The predicted octanol–water partition coefficient (Wildman–Crippen LogP) is 4.33. The number of unbranched alkanes of at least 4 members (excludes halogenated alkanes) is 2. The number of carbonyl (C=O) groups is 1. The number of methoxy groups -OCH3 is 1. The van der Waals surface area contributed by atoms with Crippen molar-refractivity contribution in [3.8, 4) is 5.75 Å². The zero-order chi connectivity index (χ0) is 23.5. The van der Waals surface area contributed by atoms with Crippen molar-refractivity contribution in [3.05, 3.63) is 39.2 Å². The Hall–Kier alpha value is -2.38. The minimum absolute atomic E-state index is 0.0916. The van der Waals surface area contributed by atoms with E-state index in [1.54, 1.807) is 7.11 Å². The first-order valence-corrected chi connectivity index (χ1v) is 11.6. The summed E-state index contributed by atoms with van der Waals surface area (Å²) in [6, 6.07) is 3.27. The van der Waals surface area contributed by atoms with Gasteiger partial charge in [0.05, 0.1) is 12.2 Å².